The summed E-state index contributed by atoms with van der Waals surface area (Å²) in [7, 11) is 0. The van der Waals surface area contributed by atoms with Gasteiger partial charge in [0.1, 0.15) is 11.4 Å². The number of amides is 2. The van der Waals surface area contributed by atoms with Crippen molar-refractivity contribution in [2.45, 2.75) is 45.3 Å². The predicted molar refractivity (Wildman–Crippen MR) is 136 cm³/mol. The zero-order chi connectivity index (χ0) is 26.3. The third kappa shape index (κ3) is 4.99. The fourth-order valence-corrected chi connectivity index (χ4v) is 6.33. The molecule has 0 unspecified atom stereocenters. The van der Waals surface area contributed by atoms with Gasteiger partial charge in [-0.1, -0.05) is 12.1 Å². The zero-order valence-corrected chi connectivity index (χ0v) is 21.8. The molecule has 1 saturated heterocycles. The Morgan fingerprint density at radius 2 is 1.89 bits per heavy atom. The molecule has 5 rings (SSSR count). The first-order chi connectivity index (χ1) is 17.6. The van der Waals surface area contributed by atoms with Crippen LogP contribution in [0, 0.1) is 13.8 Å². The highest BCUT2D eigenvalue weighted by Gasteiger charge is 2.33. The highest BCUT2D eigenvalue weighted by atomic mass is 32.1. The van der Waals surface area contributed by atoms with Crippen molar-refractivity contribution in [2.24, 2.45) is 0 Å². The second-order valence-electron chi connectivity index (χ2n) is 8.95. The number of imidazole rings is 1. The molecule has 2 amide bonds. The van der Waals surface area contributed by atoms with Crippen LogP contribution in [0.4, 0.5) is 13.2 Å². The molecular weight excluding hydrogens is 523 g/mol. The largest absolute Gasteiger partial charge is 0.416 e. The van der Waals surface area contributed by atoms with E-state index in [4.69, 9.17) is 0 Å². The minimum absolute atomic E-state index is 0.223. The average Bonchev–Trinajstić information content (AvgIpc) is 3.56. The number of aryl methyl sites for hydroxylation is 2. The van der Waals surface area contributed by atoms with Crippen LogP contribution in [0.15, 0.2) is 35.8 Å². The van der Waals surface area contributed by atoms with Crippen LogP contribution in [0.25, 0.3) is 15.4 Å². The SMILES string of the molecule is Cc1nc(C(=O)N2CCCC[C@H]2CNC(=O)c2c(C)nc3sccn23)c(-c2ccc(C(F)(F)F)cc2)s1. The van der Waals surface area contributed by atoms with Crippen LogP contribution < -0.4 is 5.32 Å². The van der Waals surface area contributed by atoms with Crippen molar-refractivity contribution in [1.29, 1.82) is 0 Å². The number of likely N-dealkylation sites (tertiary alicyclic amines) is 1. The Morgan fingerprint density at radius 1 is 1.14 bits per heavy atom. The number of hydrogen-bond acceptors (Lipinski definition) is 6. The first-order valence-corrected chi connectivity index (χ1v) is 13.5. The van der Waals surface area contributed by atoms with Gasteiger partial charge in [-0.2, -0.15) is 13.2 Å². The minimum Gasteiger partial charge on any atom is -0.349 e. The number of benzene rings is 1. The maximum Gasteiger partial charge on any atom is 0.416 e. The number of aromatic nitrogens is 3. The second-order valence-corrected chi connectivity index (χ2v) is 11.0. The summed E-state index contributed by atoms with van der Waals surface area (Å²) < 4.78 is 40.8. The van der Waals surface area contributed by atoms with Crippen molar-refractivity contribution in [3.8, 4) is 10.4 Å². The molecule has 194 valence electrons. The molecule has 1 fully saturated rings. The Hall–Kier alpha value is -3.25. The van der Waals surface area contributed by atoms with Crippen molar-refractivity contribution >= 4 is 39.4 Å². The standard InChI is InChI=1S/C25H24F3N5O2S2/c1-14-20(33-11-12-36-24(33)30-14)22(34)29-13-18-5-3-4-10-32(18)23(35)19-21(37-15(2)31-19)16-6-8-17(9-7-16)25(26,27)28/h6-9,11-12,18H,3-5,10,13H2,1-2H3,(H,29,34)/t18-/m0/s1. The number of alkyl halides is 3. The Balaban J connectivity index is 1.35. The van der Waals surface area contributed by atoms with Gasteiger partial charge in [-0.05, 0) is 50.8 Å². The lowest BCUT2D eigenvalue weighted by molar-refractivity contribution is -0.137. The Bertz CT molecular complexity index is 1460. The summed E-state index contributed by atoms with van der Waals surface area (Å²) in [6.07, 6.45) is -0.154. The summed E-state index contributed by atoms with van der Waals surface area (Å²) in [6.45, 7) is 4.35. The van der Waals surface area contributed by atoms with E-state index in [9.17, 15) is 22.8 Å². The maximum absolute atomic E-state index is 13.7. The number of hydrogen-bond donors (Lipinski definition) is 1. The van der Waals surface area contributed by atoms with Gasteiger partial charge in [0.15, 0.2) is 4.96 Å². The third-order valence-corrected chi connectivity index (χ3v) is 8.23. The topological polar surface area (TPSA) is 79.6 Å². The lowest BCUT2D eigenvalue weighted by Crippen LogP contribution is -2.49. The fourth-order valence-electron chi connectivity index (χ4n) is 4.66. The molecule has 1 N–H and O–H groups in total. The van der Waals surface area contributed by atoms with Crippen molar-refractivity contribution in [1.82, 2.24) is 24.6 Å². The quantitative estimate of drug-likeness (QED) is 0.354. The number of thiazole rings is 2. The summed E-state index contributed by atoms with van der Waals surface area (Å²) in [5.74, 6) is -0.532. The molecule has 0 aliphatic carbocycles. The molecule has 4 heterocycles. The molecule has 0 bridgehead atoms. The number of fused-ring (bicyclic) bond motifs is 1. The van der Waals surface area contributed by atoms with Crippen LogP contribution in [0.2, 0.25) is 0 Å². The molecule has 1 atom stereocenters. The van der Waals surface area contributed by atoms with E-state index in [1.165, 1.54) is 34.8 Å². The lowest BCUT2D eigenvalue weighted by atomic mass is 10.0. The molecule has 0 saturated carbocycles. The van der Waals surface area contributed by atoms with Gasteiger partial charge in [0.2, 0.25) is 0 Å². The number of rotatable bonds is 5. The van der Waals surface area contributed by atoms with Crippen LogP contribution >= 0.6 is 22.7 Å². The minimum atomic E-state index is -4.43. The van der Waals surface area contributed by atoms with Gasteiger partial charge >= 0.3 is 6.18 Å². The number of piperidine rings is 1. The summed E-state index contributed by atoms with van der Waals surface area (Å²) in [4.78, 5) is 38.6. The Morgan fingerprint density at radius 3 is 2.62 bits per heavy atom. The monoisotopic (exact) mass is 547 g/mol. The fraction of sp³-hybridized carbons (Fsp3) is 0.360. The Labute approximate surface area is 219 Å². The van der Waals surface area contributed by atoms with E-state index in [0.29, 0.717) is 33.4 Å². The predicted octanol–water partition coefficient (Wildman–Crippen LogP) is 5.58. The summed E-state index contributed by atoms with van der Waals surface area (Å²) in [6, 6.07) is 4.56. The molecule has 1 aliphatic heterocycles. The van der Waals surface area contributed by atoms with E-state index in [-0.39, 0.29) is 30.1 Å². The van der Waals surface area contributed by atoms with E-state index < -0.39 is 11.7 Å². The van der Waals surface area contributed by atoms with E-state index >= 15 is 0 Å². The van der Waals surface area contributed by atoms with Gasteiger partial charge in [0.25, 0.3) is 11.8 Å². The van der Waals surface area contributed by atoms with Gasteiger partial charge in [-0.15, -0.1) is 22.7 Å². The van der Waals surface area contributed by atoms with Gasteiger partial charge in [0, 0.05) is 30.7 Å². The van der Waals surface area contributed by atoms with E-state index in [1.807, 2.05) is 5.38 Å². The van der Waals surface area contributed by atoms with Gasteiger partial charge in [-0.25, -0.2) is 9.97 Å². The number of carbonyl (C=O) groups excluding carboxylic acids is 2. The first kappa shape index (κ1) is 25.4. The summed E-state index contributed by atoms with van der Waals surface area (Å²) in [5.41, 5.74) is 1.11. The highest BCUT2D eigenvalue weighted by Crippen LogP contribution is 2.35. The molecule has 0 radical (unpaired) electrons. The number of nitrogens with zero attached hydrogens (tertiary/aromatic N) is 4. The maximum atomic E-state index is 13.7. The zero-order valence-electron chi connectivity index (χ0n) is 20.1. The van der Waals surface area contributed by atoms with Crippen molar-refractivity contribution in [3.63, 3.8) is 0 Å². The smallest absolute Gasteiger partial charge is 0.349 e. The van der Waals surface area contributed by atoms with Gasteiger partial charge in [-0.3, -0.25) is 14.0 Å². The molecule has 3 aromatic heterocycles. The van der Waals surface area contributed by atoms with Crippen LogP contribution in [0.5, 0.6) is 0 Å². The van der Waals surface area contributed by atoms with Crippen LogP contribution in [0.1, 0.15) is 56.5 Å². The highest BCUT2D eigenvalue weighted by molar-refractivity contribution is 7.15. The molecule has 0 spiro atoms. The number of halogens is 3. The average molecular weight is 548 g/mol. The number of nitrogens with one attached hydrogen (secondary N) is 1. The van der Waals surface area contributed by atoms with E-state index in [2.05, 4.69) is 15.3 Å². The van der Waals surface area contributed by atoms with Gasteiger partial charge in [0.05, 0.1) is 21.1 Å². The molecule has 37 heavy (non-hydrogen) atoms. The van der Waals surface area contributed by atoms with E-state index in [0.717, 1.165) is 36.4 Å². The van der Waals surface area contributed by atoms with E-state index in [1.54, 1.807) is 29.3 Å². The first-order valence-electron chi connectivity index (χ1n) is 11.8. The number of carbonyl (C=O) groups is 2. The van der Waals surface area contributed by atoms with Crippen molar-refractivity contribution < 1.29 is 22.8 Å². The third-order valence-electron chi connectivity index (χ3n) is 6.45. The van der Waals surface area contributed by atoms with Crippen LogP contribution in [-0.4, -0.2) is 50.2 Å². The molecule has 4 aromatic rings. The van der Waals surface area contributed by atoms with Crippen LogP contribution in [0.3, 0.4) is 0 Å². The molecular formula is C25H24F3N5O2S2. The molecule has 1 aromatic carbocycles. The lowest BCUT2D eigenvalue weighted by Gasteiger charge is -2.35. The Kier molecular flexibility index (Phi) is 6.80. The van der Waals surface area contributed by atoms with Crippen molar-refractivity contribution in [3.05, 3.63) is 63.5 Å². The van der Waals surface area contributed by atoms with Crippen molar-refractivity contribution in [2.75, 3.05) is 13.1 Å². The van der Waals surface area contributed by atoms with Crippen LogP contribution in [-0.2, 0) is 6.18 Å². The molecule has 1 aliphatic rings. The summed E-state index contributed by atoms with van der Waals surface area (Å²) >= 11 is 2.72. The molecule has 7 nitrogen and oxygen atoms in total. The second kappa shape index (κ2) is 9.90. The summed E-state index contributed by atoms with van der Waals surface area (Å²) in [5, 5.41) is 5.49. The molecule has 12 heteroatoms. The van der Waals surface area contributed by atoms with Gasteiger partial charge < -0.3 is 10.2 Å². The normalized spacial score (nSPS) is 16.4.